The van der Waals surface area contributed by atoms with E-state index in [0.717, 1.165) is 18.7 Å². The van der Waals surface area contributed by atoms with Gasteiger partial charge in [-0.3, -0.25) is 14.5 Å². The van der Waals surface area contributed by atoms with E-state index < -0.39 is 5.41 Å². The van der Waals surface area contributed by atoms with Gasteiger partial charge in [0.25, 0.3) is 0 Å². The van der Waals surface area contributed by atoms with E-state index in [2.05, 4.69) is 4.90 Å². The summed E-state index contributed by atoms with van der Waals surface area (Å²) in [7, 11) is 0. The highest BCUT2D eigenvalue weighted by atomic mass is 35.5. The summed E-state index contributed by atoms with van der Waals surface area (Å²) in [5.74, 6) is -0.0286. The molecular weight excluding hydrogens is 392 g/mol. The molecule has 0 aromatic heterocycles. The van der Waals surface area contributed by atoms with E-state index >= 15 is 0 Å². The summed E-state index contributed by atoms with van der Waals surface area (Å²) in [6, 6.07) is 7.45. The summed E-state index contributed by atoms with van der Waals surface area (Å²) in [5.41, 5.74) is 0.465. The van der Waals surface area contributed by atoms with E-state index in [1.165, 1.54) is 0 Å². The van der Waals surface area contributed by atoms with Crippen molar-refractivity contribution in [1.29, 1.82) is 0 Å². The van der Waals surface area contributed by atoms with Crippen molar-refractivity contribution in [3.63, 3.8) is 0 Å². The number of likely N-dealkylation sites (tertiary alicyclic amines) is 1. The largest absolute Gasteiger partial charge is 0.466 e. The van der Waals surface area contributed by atoms with E-state index in [1.54, 1.807) is 0 Å². The molecule has 0 bridgehead atoms. The van der Waals surface area contributed by atoms with E-state index in [1.807, 2.05) is 43.0 Å². The van der Waals surface area contributed by atoms with Crippen LogP contribution < -0.4 is 0 Å². The van der Waals surface area contributed by atoms with Crippen LogP contribution in [0.2, 0.25) is 5.02 Å². The lowest BCUT2D eigenvalue weighted by molar-refractivity contribution is -0.161. The van der Waals surface area contributed by atoms with Crippen molar-refractivity contribution in [2.24, 2.45) is 5.41 Å². The number of rotatable bonds is 6. The number of amides is 1. The molecular formula is C22H31ClN2O4. The molecule has 29 heavy (non-hydrogen) atoms. The normalized spacial score (nSPS) is 20.9. The molecule has 160 valence electrons. The molecule has 1 atom stereocenters. The molecule has 2 heterocycles. The maximum atomic E-state index is 13.0. The minimum Gasteiger partial charge on any atom is -0.466 e. The number of carbonyl (C=O) groups is 2. The first-order valence-corrected chi connectivity index (χ1v) is 10.9. The number of hydrogen-bond acceptors (Lipinski definition) is 5. The Morgan fingerprint density at radius 1 is 1.14 bits per heavy atom. The number of ether oxygens (including phenoxy) is 2. The summed E-state index contributed by atoms with van der Waals surface area (Å²) >= 11 is 6.00. The number of piperidine rings is 1. The monoisotopic (exact) mass is 422 g/mol. The summed E-state index contributed by atoms with van der Waals surface area (Å²) < 4.78 is 10.8. The molecule has 0 spiro atoms. The minimum absolute atomic E-state index is 0.135. The Balaban J connectivity index is 1.67. The third-order valence-electron chi connectivity index (χ3n) is 6.15. The summed E-state index contributed by atoms with van der Waals surface area (Å²) in [4.78, 5) is 30.0. The van der Waals surface area contributed by atoms with Gasteiger partial charge in [0, 0.05) is 31.2 Å². The van der Waals surface area contributed by atoms with Crippen LogP contribution in [0.15, 0.2) is 24.3 Å². The van der Waals surface area contributed by atoms with Crippen molar-refractivity contribution in [3.05, 3.63) is 34.9 Å². The van der Waals surface area contributed by atoms with Crippen molar-refractivity contribution in [2.45, 2.75) is 39.2 Å². The number of esters is 1. The van der Waals surface area contributed by atoms with Crippen LogP contribution in [0.25, 0.3) is 0 Å². The molecule has 1 amide bonds. The molecule has 0 N–H and O–H groups in total. The molecule has 7 heteroatoms. The number of halogens is 1. The Kier molecular flexibility index (Phi) is 7.55. The average Bonchev–Trinajstić information content (AvgIpc) is 2.75. The van der Waals surface area contributed by atoms with E-state index in [0.29, 0.717) is 57.2 Å². The van der Waals surface area contributed by atoms with Gasteiger partial charge in [-0.15, -0.1) is 0 Å². The maximum Gasteiger partial charge on any atom is 0.312 e. The fourth-order valence-corrected chi connectivity index (χ4v) is 4.40. The SMILES string of the molecule is CCOC(=O)C1(Cc2ccc(Cl)cc2)CCN(C(=O)C(C)N2CCOCC2)CC1. The van der Waals surface area contributed by atoms with Gasteiger partial charge in [-0.1, -0.05) is 23.7 Å². The Hall–Kier alpha value is -1.63. The molecule has 0 saturated carbocycles. The van der Waals surface area contributed by atoms with Crippen molar-refractivity contribution < 1.29 is 19.1 Å². The van der Waals surface area contributed by atoms with E-state index in [4.69, 9.17) is 21.1 Å². The molecule has 2 saturated heterocycles. The molecule has 1 aromatic rings. The number of benzene rings is 1. The molecule has 1 unspecified atom stereocenters. The van der Waals surface area contributed by atoms with Crippen LogP contribution in [0, 0.1) is 5.41 Å². The average molecular weight is 423 g/mol. The third kappa shape index (κ3) is 5.30. The topological polar surface area (TPSA) is 59.1 Å². The molecule has 3 rings (SSSR count). The van der Waals surface area contributed by atoms with E-state index in [9.17, 15) is 9.59 Å². The zero-order chi connectivity index (χ0) is 20.9. The van der Waals surface area contributed by atoms with Crippen LogP contribution in [-0.4, -0.2) is 73.7 Å². The number of morpholine rings is 1. The van der Waals surface area contributed by atoms with Gasteiger partial charge in [0.1, 0.15) is 0 Å². The van der Waals surface area contributed by atoms with Gasteiger partial charge in [0.2, 0.25) is 5.91 Å². The standard InChI is InChI=1S/C22H31ClN2O4/c1-3-29-21(27)22(16-18-4-6-19(23)7-5-18)8-10-25(11-9-22)20(26)17(2)24-12-14-28-15-13-24/h4-7,17H,3,8-16H2,1-2H3. The molecule has 2 fully saturated rings. The Morgan fingerprint density at radius 2 is 1.76 bits per heavy atom. The zero-order valence-electron chi connectivity index (χ0n) is 17.4. The Morgan fingerprint density at radius 3 is 2.34 bits per heavy atom. The predicted molar refractivity (Wildman–Crippen MR) is 112 cm³/mol. The van der Waals surface area contributed by atoms with Crippen LogP contribution in [-0.2, 0) is 25.5 Å². The van der Waals surface area contributed by atoms with Gasteiger partial charge < -0.3 is 14.4 Å². The minimum atomic E-state index is -0.594. The lowest BCUT2D eigenvalue weighted by atomic mass is 9.73. The number of carbonyl (C=O) groups excluding carboxylic acids is 2. The Bertz CT molecular complexity index is 695. The van der Waals surface area contributed by atoms with E-state index in [-0.39, 0.29) is 17.9 Å². The smallest absolute Gasteiger partial charge is 0.312 e. The van der Waals surface area contributed by atoms with Crippen LogP contribution in [0.1, 0.15) is 32.3 Å². The molecule has 2 aliphatic heterocycles. The molecule has 2 aliphatic rings. The highest BCUT2D eigenvalue weighted by Crippen LogP contribution is 2.37. The van der Waals surface area contributed by atoms with Gasteiger partial charge in [0.05, 0.1) is 31.3 Å². The van der Waals surface area contributed by atoms with Crippen LogP contribution in [0.3, 0.4) is 0 Å². The van der Waals surface area contributed by atoms with Gasteiger partial charge in [-0.05, 0) is 50.8 Å². The number of hydrogen-bond donors (Lipinski definition) is 0. The van der Waals surface area contributed by atoms with Gasteiger partial charge in [0.15, 0.2) is 0 Å². The quantitative estimate of drug-likeness (QED) is 0.660. The summed E-state index contributed by atoms with van der Waals surface area (Å²) in [6.07, 6.45) is 1.82. The fraction of sp³-hybridized carbons (Fsp3) is 0.636. The van der Waals surface area contributed by atoms with Crippen LogP contribution in [0.4, 0.5) is 0 Å². The highest BCUT2D eigenvalue weighted by Gasteiger charge is 2.44. The lowest BCUT2D eigenvalue weighted by Gasteiger charge is -2.42. The number of nitrogens with zero attached hydrogens (tertiary/aromatic N) is 2. The maximum absolute atomic E-state index is 13.0. The Labute approximate surface area is 178 Å². The summed E-state index contributed by atoms with van der Waals surface area (Å²) in [6.45, 7) is 8.20. The van der Waals surface area contributed by atoms with Crippen LogP contribution >= 0.6 is 11.6 Å². The first kappa shape index (κ1) is 22.1. The molecule has 0 radical (unpaired) electrons. The second-order valence-corrected chi connectivity index (χ2v) is 8.39. The van der Waals surface area contributed by atoms with Crippen molar-refractivity contribution >= 4 is 23.5 Å². The fourth-order valence-electron chi connectivity index (χ4n) is 4.27. The molecule has 1 aromatic carbocycles. The van der Waals surface area contributed by atoms with Crippen molar-refractivity contribution in [3.8, 4) is 0 Å². The first-order chi connectivity index (χ1) is 13.9. The molecule has 6 nitrogen and oxygen atoms in total. The van der Waals surface area contributed by atoms with Crippen LogP contribution in [0.5, 0.6) is 0 Å². The zero-order valence-corrected chi connectivity index (χ0v) is 18.1. The third-order valence-corrected chi connectivity index (χ3v) is 6.40. The predicted octanol–water partition coefficient (Wildman–Crippen LogP) is 2.78. The lowest BCUT2D eigenvalue weighted by Crippen LogP contribution is -2.54. The van der Waals surface area contributed by atoms with Gasteiger partial charge >= 0.3 is 5.97 Å². The summed E-state index contributed by atoms with van der Waals surface area (Å²) in [5, 5.41) is 0.677. The second-order valence-electron chi connectivity index (χ2n) is 7.95. The highest BCUT2D eigenvalue weighted by molar-refractivity contribution is 6.30. The second kappa shape index (κ2) is 9.92. The van der Waals surface area contributed by atoms with Crippen molar-refractivity contribution in [2.75, 3.05) is 46.0 Å². The van der Waals surface area contributed by atoms with Crippen molar-refractivity contribution in [1.82, 2.24) is 9.80 Å². The first-order valence-electron chi connectivity index (χ1n) is 10.5. The molecule has 0 aliphatic carbocycles. The van der Waals surface area contributed by atoms with Gasteiger partial charge in [-0.2, -0.15) is 0 Å². The van der Waals surface area contributed by atoms with Gasteiger partial charge in [-0.25, -0.2) is 0 Å².